The van der Waals surface area contributed by atoms with Crippen LogP contribution in [0.2, 0.25) is 0 Å². The highest BCUT2D eigenvalue weighted by atomic mass is 16.3. The lowest BCUT2D eigenvalue weighted by Crippen LogP contribution is -2.06. The summed E-state index contributed by atoms with van der Waals surface area (Å²) in [7, 11) is 0. The van der Waals surface area contributed by atoms with Crippen LogP contribution < -0.4 is 0 Å². The minimum atomic E-state index is 0.453. The first-order valence-corrected chi connectivity index (χ1v) is 18.3. The van der Waals surface area contributed by atoms with E-state index in [4.69, 9.17) is 18.8 Å². The minimum Gasteiger partial charge on any atom is -0.456 e. The molecule has 0 bridgehead atoms. The molecule has 0 aliphatic heterocycles. The SMILES string of the molecule is C=NC(=NC(=NCc1ccc2ccccc2c1)c1ccc(-c2ccccc2)cc1)c1cccc2oc3cc(-c4cccc5oc6ccccc6c45)ccc3c12. The predicted molar refractivity (Wildman–Crippen MR) is 229 cm³/mol. The van der Waals surface area contributed by atoms with Crippen molar-refractivity contribution in [3.63, 3.8) is 0 Å². The van der Waals surface area contributed by atoms with Gasteiger partial charge in [-0.3, -0.25) is 4.99 Å². The van der Waals surface area contributed by atoms with Gasteiger partial charge < -0.3 is 8.83 Å². The van der Waals surface area contributed by atoms with Gasteiger partial charge in [-0.2, -0.15) is 0 Å². The summed E-state index contributed by atoms with van der Waals surface area (Å²) in [5, 5.41) is 6.45. The summed E-state index contributed by atoms with van der Waals surface area (Å²) >= 11 is 0. The predicted octanol–water partition coefficient (Wildman–Crippen LogP) is 13.1. The second-order valence-electron chi connectivity index (χ2n) is 13.6. The number of benzene rings is 8. The van der Waals surface area contributed by atoms with Crippen LogP contribution in [0.5, 0.6) is 0 Å². The van der Waals surface area contributed by atoms with Crippen molar-refractivity contribution < 1.29 is 8.83 Å². The van der Waals surface area contributed by atoms with E-state index in [1.807, 2.05) is 54.6 Å². The van der Waals surface area contributed by atoms with Crippen LogP contribution >= 0.6 is 0 Å². The van der Waals surface area contributed by atoms with Crippen LogP contribution in [0.15, 0.2) is 200 Å². The number of nitrogens with zero attached hydrogens (tertiary/aromatic N) is 3. The molecule has 0 saturated carbocycles. The number of amidine groups is 2. The molecule has 2 heterocycles. The van der Waals surface area contributed by atoms with Crippen molar-refractivity contribution in [2.75, 3.05) is 0 Å². The van der Waals surface area contributed by atoms with Gasteiger partial charge in [0.1, 0.15) is 22.3 Å². The summed E-state index contributed by atoms with van der Waals surface area (Å²) < 4.78 is 12.7. The maximum atomic E-state index is 6.55. The fraction of sp³-hybridized carbons (Fsp3) is 0.0200. The molecule has 5 heteroatoms. The summed E-state index contributed by atoms with van der Waals surface area (Å²) in [5.41, 5.74) is 10.5. The van der Waals surface area contributed by atoms with Crippen LogP contribution in [-0.2, 0) is 6.54 Å². The lowest BCUT2D eigenvalue weighted by molar-refractivity contribution is 0.668. The third-order valence-corrected chi connectivity index (χ3v) is 10.3. The molecule has 0 unspecified atom stereocenters. The third kappa shape index (κ3) is 5.88. The third-order valence-electron chi connectivity index (χ3n) is 10.3. The number of aliphatic imine (C=N–C) groups is 3. The highest BCUT2D eigenvalue weighted by Gasteiger charge is 2.18. The molecule has 0 fully saturated rings. The van der Waals surface area contributed by atoms with Crippen molar-refractivity contribution in [3.8, 4) is 22.3 Å². The quantitative estimate of drug-likeness (QED) is 0.128. The van der Waals surface area contributed by atoms with Crippen LogP contribution in [0, 0.1) is 0 Å². The molecule has 2 aromatic heterocycles. The molecule has 55 heavy (non-hydrogen) atoms. The average molecular weight is 708 g/mol. The Morgan fingerprint density at radius 2 is 1.15 bits per heavy atom. The van der Waals surface area contributed by atoms with Crippen LogP contribution in [0.1, 0.15) is 16.7 Å². The van der Waals surface area contributed by atoms with Gasteiger partial charge in [-0.05, 0) is 81.7 Å². The molecular formula is C50H33N3O2. The number of hydrogen-bond donors (Lipinski definition) is 0. The molecule has 0 aliphatic rings. The molecule has 0 saturated heterocycles. The lowest BCUT2D eigenvalue weighted by Gasteiger charge is -2.09. The fourth-order valence-electron chi connectivity index (χ4n) is 7.61. The number of rotatable bonds is 6. The van der Waals surface area contributed by atoms with Gasteiger partial charge in [0.05, 0.1) is 6.54 Å². The molecule has 0 spiro atoms. The second-order valence-corrected chi connectivity index (χ2v) is 13.6. The van der Waals surface area contributed by atoms with Crippen molar-refractivity contribution in [1.29, 1.82) is 0 Å². The summed E-state index contributed by atoms with van der Waals surface area (Å²) in [4.78, 5) is 14.8. The molecule has 8 aromatic carbocycles. The molecule has 0 aliphatic carbocycles. The van der Waals surface area contributed by atoms with Gasteiger partial charge >= 0.3 is 0 Å². The van der Waals surface area contributed by atoms with Gasteiger partial charge in [0.15, 0.2) is 11.7 Å². The first-order chi connectivity index (χ1) is 27.2. The molecule has 260 valence electrons. The molecule has 0 atom stereocenters. The van der Waals surface area contributed by atoms with Crippen LogP contribution in [0.4, 0.5) is 0 Å². The summed E-state index contributed by atoms with van der Waals surface area (Å²) in [5.74, 6) is 1.04. The Bertz CT molecular complexity index is 3130. The zero-order valence-electron chi connectivity index (χ0n) is 29.8. The number of hydrogen-bond acceptors (Lipinski definition) is 3. The van der Waals surface area contributed by atoms with Crippen molar-refractivity contribution in [3.05, 3.63) is 193 Å². The number of furan rings is 2. The van der Waals surface area contributed by atoms with Gasteiger partial charge in [-0.25, -0.2) is 9.98 Å². The molecule has 0 amide bonds. The molecule has 0 N–H and O–H groups in total. The zero-order chi connectivity index (χ0) is 36.7. The highest BCUT2D eigenvalue weighted by molar-refractivity contribution is 6.22. The average Bonchev–Trinajstić information content (AvgIpc) is 3.82. The number of fused-ring (bicyclic) bond motifs is 7. The van der Waals surface area contributed by atoms with Crippen LogP contribution in [-0.4, -0.2) is 18.4 Å². The van der Waals surface area contributed by atoms with Gasteiger partial charge in [0.2, 0.25) is 0 Å². The van der Waals surface area contributed by atoms with Crippen molar-refractivity contribution in [2.45, 2.75) is 6.54 Å². The summed E-state index contributed by atoms with van der Waals surface area (Å²) in [6.07, 6.45) is 0. The maximum Gasteiger partial charge on any atom is 0.161 e. The van der Waals surface area contributed by atoms with Crippen molar-refractivity contribution in [1.82, 2.24) is 0 Å². The number of para-hydroxylation sites is 1. The monoisotopic (exact) mass is 707 g/mol. The van der Waals surface area contributed by atoms with Gasteiger partial charge in [0, 0.05) is 32.7 Å². The van der Waals surface area contributed by atoms with E-state index in [0.29, 0.717) is 18.2 Å². The van der Waals surface area contributed by atoms with Crippen LogP contribution in [0.25, 0.3) is 76.9 Å². The smallest absolute Gasteiger partial charge is 0.161 e. The molecule has 5 nitrogen and oxygen atoms in total. The zero-order valence-corrected chi connectivity index (χ0v) is 29.8. The summed E-state index contributed by atoms with van der Waals surface area (Å²) in [6, 6.07) is 60.3. The van der Waals surface area contributed by atoms with Crippen molar-refractivity contribution in [2.24, 2.45) is 15.0 Å². The Morgan fingerprint density at radius 3 is 2.00 bits per heavy atom. The fourth-order valence-corrected chi connectivity index (χ4v) is 7.61. The Kier molecular flexibility index (Phi) is 7.96. The van der Waals surface area contributed by atoms with E-state index >= 15 is 0 Å². The van der Waals surface area contributed by atoms with E-state index < -0.39 is 0 Å². The van der Waals surface area contributed by atoms with Crippen molar-refractivity contribution >= 4 is 73.0 Å². The Morgan fingerprint density at radius 1 is 0.473 bits per heavy atom. The molecule has 10 rings (SSSR count). The molecule has 10 aromatic rings. The topological polar surface area (TPSA) is 63.4 Å². The maximum absolute atomic E-state index is 6.55. The molecular weight excluding hydrogens is 675 g/mol. The van der Waals surface area contributed by atoms with Crippen LogP contribution in [0.3, 0.4) is 0 Å². The van der Waals surface area contributed by atoms with E-state index in [1.165, 1.54) is 10.8 Å². The normalized spacial score (nSPS) is 12.4. The van der Waals surface area contributed by atoms with E-state index in [2.05, 4.69) is 133 Å². The minimum absolute atomic E-state index is 0.453. The largest absolute Gasteiger partial charge is 0.456 e. The van der Waals surface area contributed by atoms with E-state index in [-0.39, 0.29) is 0 Å². The van der Waals surface area contributed by atoms with E-state index in [9.17, 15) is 0 Å². The summed E-state index contributed by atoms with van der Waals surface area (Å²) in [6.45, 7) is 4.44. The standard InChI is InChI=1S/C50H33N3O2/c1-51-50(53-49(36-25-23-35(24-26-36)33-11-3-2-4-12-33)52-31-32-21-22-34-13-5-6-14-37(34)29-32)42-17-10-20-45-48(42)41-28-27-38(30-46(41)55-45)39-16-9-19-44-47(39)40-15-7-8-18-43(40)54-44/h2-30H,1,31H2. The van der Waals surface area contributed by atoms with E-state index in [0.717, 1.165) is 82.8 Å². The van der Waals surface area contributed by atoms with Gasteiger partial charge in [0.25, 0.3) is 0 Å². The highest BCUT2D eigenvalue weighted by Crippen LogP contribution is 2.39. The first kappa shape index (κ1) is 32.3. The van der Waals surface area contributed by atoms with E-state index in [1.54, 1.807) is 0 Å². The van der Waals surface area contributed by atoms with Gasteiger partial charge in [-0.1, -0.05) is 140 Å². The second kappa shape index (κ2) is 13.6. The van der Waals surface area contributed by atoms with Gasteiger partial charge in [-0.15, -0.1) is 0 Å². The Hall–Kier alpha value is -7.37. The lowest BCUT2D eigenvalue weighted by atomic mass is 9.97. The Balaban J connectivity index is 1.08. The molecule has 0 radical (unpaired) electrons. The first-order valence-electron chi connectivity index (χ1n) is 18.3. The Labute approximate surface area is 317 Å².